The molecule has 5 rings (SSSR count). The van der Waals surface area contributed by atoms with Crippen LogP contribution in [-0.4, -0.2) is 50.5 Å². The van der Waals surface area contributed by atoms with Gasteiger partial charge in [0.25, 0.3) is 0 Å². The Morgan fingerprint density at radius 3 is 2.46 bits per heavy atom. The molecule has 2 aromatic rings. The average Bonchev–Trinajstić information content (AvgIpc) is 3.42. The Hall–Kier alpha value is -2.39. The fourth-order valence-electron chi connectivity index (χ4n) is 6.00. The molecule has 0 radical (unpaired) electrons. The van der Waals surface area contributed by atoms with Crippen molar-refractivity contribution >= 4 is 11.7 Å². The number of alkyl halides is 3. The number of hydrogen-bond donors (Lipinski definition) is 0. The van der Waals surface area contributed by atoms with Crippen LogP contribution in [0.25, 0.3) is 5.65 Å². The zero-order chi connectivity index (χ0) is 25.3. The van der Waals surface area contributed by atoms with Gasteiger partial charge in [0.15, 0.2) is 11.5 Å². The lowest BCUT2D eigenvalue weighted by Crippen LogP contribution is -2.45. The van der Waals surface area contributed by atoms with Gasteiger partial charge in [0.1, 0.15) is 11.3 Å². The summed E-state index contributed by atoms with van der Waals surface area (Å²) in [6.07, 6.45) is -2.43. The molecule has 2 atom stereocenters. The third-order valence-corrected chi connectivity index (χ3v) is 7.88. The smallest absolute Gasteiger partial charge is 0.410 e. The van der Waals surface area contributed by atoms with E-state index in [1.807, 2.05) is 26.8 Å². The second-order valence-electron chi connectivity index (χ2n) is 11.6. The summed E-state index contributed by atoms with van der Waals surface area (Å²) >= 11 is 0. The lowest BCUT2D eigenvalue weighted by molar-refractivity contribution is -0.182. The Balaban J connectivity index is 1.45. The lowest BCUT2D eigenvalue weighted by atomic mass is 9.80. The highest BCUT2D eigenvalue weighted by atomic mass is 19.4. The van der Waals surface area contributed by atoms with Crippen molar-refractivity contribution in [2.45, 2.75) is 89.3 Å². The molecule has 3 aliphatic rings. The number of nitrogens with zero attached hydrogens (tertiary/aromatic N) is 4. The van der Waals surface area contributed by atoms with Crippen LogP contribution < -0.4 is 0 Å². The minimum atomic E-state index is -4.21. The minimum absolute atomic E-state index is 0.0162. The van der Waals surface area contributed by atoms with E-state index in [1.54, 1.807) is 16.3 Å². The Kier molecular flexibility index (Phi) is 5.60. The van der Waals surface area contributed by atoms with E-state index in [0.717, 1.165) is 18.5 Å². The molecule has 2 unspecified atom stereocenters. The van der Waals surface area contributed by atoms with E-state index < -0.39 is 23.5 Å². The molecule has 1 saturated heterocycles. The lowest BCUT2D eigenvalue weighted by Gasteiger charge is -2.34. The molecule has 192 valence electrons. The third kappa shape index (κ3) is 4.37. The van der Waals surface area contributed by atoms with E-state index in [4.69, 9.17) is 4.74 Å². The highest BCUT2D eigenvalue weighted by Crippen LogP contribution is 2.59. The number of halogens is 4. The highest BCUT2D eigenvalue weighted by Gasteiger charge is 2.60. The number of aryl methyl sites for hydroxylation is 1. The van der Waals surface area contributed by atoms with Crippen molar-refractivity contribution in [3.8, 4) is 0 Å². The Bertz CT molecular complexity index is 1150. The van der Waals surface area contributed by atoms with Gasteiger partial charge in [-0.05, 0) is 78.2 Å². The van der Waals surface area contributed by atoms with Crippen LogP contribution in [0.2, 0.25) is 0 Å². The molecular weight excluding hydrogens is 464 g/mol. The first kappa shape index (κ1) is 24.3. The third-order valence-electron chi connectivity index (χ3n) is 7.88. The number of aromatic nitrogens is 3. The van der Waals surface area contributed by atoms with Crippen molar-refractivity contribution in [2.24, 2.45) is 11.8 Å². The van der Waals surface area contributed by atoms with E-state index >= 15 is 4.39 Å². The molecule has 2 aromatic heterocycles. The van der Waals surface area contributed by atoms with Gasteiger partial charge in [-0.3, -0.25) is 0 Å². The van der Waals surface area contributed by atoms with Gasteiger partial charge in [0.2, 0.25) is 0 Å². The monoisotopic (exact) mass is 496 g/mol. The number of fused-ring (bicyclic) bond motifs is 2. The predicted octanol–water partition coefficient (Wildman–Crippen LogP) is 5.91. The van der Waals surface area contributed by atoms with Crippen molar-refractivity contribution in [1.29, 1.82) is 0 Å². The fraction of sp³-hybridized carbons (Fsp3) is 0.720. The van der Waals surface area contributed by atoms with Gasteiger partial charge in [0, 0.05) is 30.1 Å². The first-order valence-corrected chi connectivity index (χ1v) is 12.4. The normalized spacial score (nSPS) is 29.3. The van der Waals surface area contributed by atoms with Crippen LogP contribution in [0.1, 0.15) is 82.3 Å². The van der Waals surface area contributed by atoms with Gasteiger partial charge in [-0.2, -0.15) is 18.3 Å². The number of amides is 1. The first-order chi connectivity index (χ1) is 16.3. The summed E-state index contributed by atoms with van der Waals surface area (Å²) in [5.41, 5.74) is 0.822. The molecular formula is C25H32F4N4O2. The van der Waals surface area contributed by atoms with Crippen molar-refractivity contribution in [3.63, 3.8) is 0 Å². The van der Waals surface area contributed by atoms with Gasteiger partial charge in [-0.15, -0.1) is 0 Å². The largest absolute Gasteiger partial charge is 0.444 e. The summed E-state index contributed by atoms with van der Waals surface area (Å²) in [5.74, 6) is -1.88. The molecule has 1 aliphatic heterocycles. The standard InChI is InChI=1S/C25H32F4N4O2/c1-14-11-18(24-12-17(24)9-10-32(13-24)22(34)35-23(2,3)4)33-21(30-14)19(26)20(31-33)15-5-7-16(8-6-15)25(27,28)29/h11,15-17H,5-10,12-13H2,1-4H3. The van der Waals surface area contributed by atoms with E-state index in [-0.39, 0.29) is 54.5 Å². The summed E-state index contributed by atoms with van der Waals surface area (Å²) in [4.78, 5) is 18.9. The zero-order valence-electron chi connectivity index (χ0n) is 20.6. The molecule has 35 heavy (non-hydrogen) atoms. The van der Waals surface area contributed by atoms with Crippen LogP contribution in [0.3, 0.4) is 0 Å². The summed E-state index contributed by atoms with van der Waals surface area (Å²) < 4.78 is 62.0. The first-order valence-electron chi connectivity index (χ1n) is 12.4. The van der Waals surface area contributed by atoms with Crippen LogP contribution in [0.5, 0.6) is 0 Å². The van der Waals surface area contributed by atoms with E-state index in [1.165, 1.54) is 0 Å². The molecule has 0 bridgehead atoms. The molecule has 10 heteroatoms. The van der Waals surface area contributed by atoms with Crippen molar-refractivity contribution in [1.82, 2.24) is 19.5 Å². The van der Waals surface area contributed by atoms with Gasteiger partial charge in [-0.25, -0.2) is 18.7 Å². The Labute approximate surface area is 202 Å². The molecule has 6 nitrogen and oxygen atoms in total. The maximum atomic E-state index is 15.5. The zero-order valence-corrected chi connectivity index (χ0v) is 20.6. The fourth-order valence-corrected chi connectivity index (χ4v) is 6.00. The molecule has 0 spiro atoms. The number of ether oxygens (including phenoxy) is 1. The molecule has 3 fully saturated rings. The average molecular weight is 497 g/mol. The van der Waals surface area contributed by atoms with Gasteiger partial charge >= 0.3 is 12.3 Å². The maximum absolute atomic E-state index is 15.5. The molecule has 0 aromatic carbocycles. The van der Waals surface area contributed by atoms with Crippen molar-refractivity contribution in [2.75, 3.05) is 13.1 Å². The SMILES string of the molecule is Cc1cc(C23CC2CCN(C(=O)OC(C)(C)C)C3)n2nc(C3CCC(C(F)(F)F)CC3)c(F)c2n1. The summed E-state index contributed by atoms with van der Waals surface area (Å²) in [5, 5.41) is 4.60. The molecule has 2 aliphatic carbocycles. The number of likely N-dealkylation sites (tertiary alicyclic amines) is 1. The van der Waals surface area contributed by atoms with Crippen LogP contribution in [0, 0.1) is 24.6 Å². The number of rotatable bonds is 2. The van der Waals surface area contributed by atoms with Crippen molar-refractivity contribution < 1.29 is 27.1 Å². The van der Waals surface area contributed by atoms with Gasteiger partial charge in [-0.1, -0.05) is 0 Å². The number of piperidine rings is 1. The quantitative estimate of drug-likeness (QED) is 0.485. The van der Waals surface area contributed by atoms with Crippen LogP contribution in [0.4, 0.5) is 22.4 Å². The Morgan fingerprint density at radius 2 is 1.83 bits per heavy atom. The maximum Gasteiger partial charge on any atom is 0.410 e. The van der Waals surface area contributed by atoms with Gasteiger partial charge in [0.05, 0.1) is 11.6 Å². The number of carbonyl (C=O) groups is 1. The van der Waals surface area contributed by atoms with Crippen LogP contribution >= 0.6 is 0 Å². The van der Waals surface area contributed by atoms with E-state index in [0.29, 0.717) is 24.7 Å². The van der Waals surface area contributed by atoms with Crippen LogP contribution in [-0.2, 0) is 10.2 Å². The molecule has 3 heterocycles. The van der Waals surface area contributed by atoms with Gasteiger partial charge < -0.3 is 9.64 Å². The summed E-state index contributed by atoms with van der Waals surface area (Å²) in [6, 6.07) is 1.91. The molecule has 2 saturated carbocycles. The minimum Gasteiger partial charge on any atom is -0.444 e. The Morgan fingerprint density at radius 1 is 1.14 bits per heavy atom. The van der Waals surface area contributed by atoms with Crippen LogP contribution in [0.15, 0.2) is 6.07 Å². The second kappa shape index (κ2) is 8.06. The predicted molar refractivity (Wildman–Crippen MR) is 121 cm³/mol. The van der Waals surface area contributed by atoms with E-state index in [2.05, 4.69) is 10.1 Å². The molecule has 0 N–H and O–H groups in total. The number of carbonyl (C=O) groups excluding carboxylic acids is 1. The summed E-state index contributed by atoms with van der Waals surface area (Å²) in [6.45, 7) is 8.35. The molecule has 1 amide bonds. The summed E-state index contributed by atoms with van der Waals surface area (Å²) in [7, 11) is 0. The number of hydrogen-bond acceptors (Lipinski definition) is 4. The topological polar surface area (TPSA) is 59.7 Å². The highest BCUT2D eigenvalue weighted by molar-refractivity contribution is 5.69. The van der Waals surface area contributed by atoms with Crippen molar-refractivity contribution in [3.05, 3.63) is 29.0 Å². The van der Waals surface area contributed by atoms with E-state index in [9.17, 15) is 18.0 Å². The second-order valence-corrected chi connectivity index (χ2v) is 11.6.